The van der Waals surface area contributed by atoms with Gasteiger partial charge in [-0.1, -0.05) is 188 Å². The minimum Gasteiger partial charge on any atom is -0.248 e. The SMILES string of the molecule is c1ccc(-c2cc(-c3ccc(-c4ccc5ccc(-c6cccc7c6-c6ccccc6C76c7ccccc7-c7ccccc76)cc5c4)cc3)c3ccccc3n2)cc1. The van der Waals surface area contributed by atoms with Crippen molar-refractivity contribution in [3.05, 3.63) is 235 Å². The lowest BCUT2D eigenvalue weighted by molar-refractivity contribution is 0.794. The van der Waals surface area contributed by atoms with Crippen LogP contribution in [0, 0.1) is 0 Å². The summed E-state index contributed by atoms with van der Waals surface area (Å²) in [6, 6.07) is 78.1. The Morgan fingerprint density at radius 2 is 0.842 bits per heavy atom. The first-order valence-corrected chi connectivity index (χ1v) is 19.8. The highest BCUT2D eigenvalue weighted by atomic mass is 14.7. The first kappa shape index (κ1) is 31.9. The molecule has 0 unspecified atom stereocenters. The normalized spacial score (nSPS) is 13.1. The Hall–Kier alpha value is -7.35. The van der Waals surface area contributed by atoms with Crippen LogP contribution in [0.2, 0.25) is 0 Å². The second-order valence-corrected chi connectivity index (χ2v) is 15.4. The standard InChI is InChI=1S/C56H35N/c1-2-13-39(14-3-1)54-35-48(46-17-7-11-24-53(46)57-54)38-29-25-36(26-30-38)40-31-27-37-28-32-41(34-42(37)33-40)43-19-12-23-52-55(43)47-18-6-10-22-51(47)56(52)49-20-8-4-15-44(49)45-16-5-9-21-50(45)56/h1-35H. The fourth-order valence-electron chi connectivity index (χ4n) is 9.99. The number of rotatable bonds is 4. The molecule has 12 rings (SSSR count). The van der Waals surface area contributed by atoms with Crippen LogP contribution in [0.5, 0.6) is 0 Å². The predicted octanol–water partition coefficient (Wildman–Crippen LogP) is 14.4. The highest BCUT2D eigenvalue weighted by molar-refractivity contribution is 6.02. The summed E-state index contributed by atoms with van der Waals surface area (Å²) in [5.74, 6) is 0. The Balaban J connectivity index is 0.961. The number of benzene rings is 9. The molecule has 0 aliphatic heterocycles. The lowest BCUT2D eigenvalue weighted by atomic mass is 9.70. The molecule has 10 aromatic rings. The van der Waals surface area contributed by atoms with E-state index in [9.17, 15) is 0 Å². The molecule has 0 amide bonds. The number of aromatic nitrogens is 1. The molecular formula is C56H35N. The molecular weight excluding hydrogens is 687 g/mol. The largest absolute Gasteiger partial charge is 0.248 e. The molecule has 0 bridgehead atoms. The van der Waals surface area contributed by atoms with Crippen molar-refractivity contribution in [2.24, 2.45) is 0 Å². The van der Waals surface area contributed by atoms with Crippen LogP contribution in [0.25, 0.3) is 88.6 Å². The number of para-hydroxylation sites is 1. The minimum absolute atomic E-state index is 0.350. The van der Waals surface area contributed by atoms with E-state index in [2.05, 4.69) is 206 Å². The maximum atomic E-state index is 5.02. The van der Waals surface area contributed by atoms with Crippen LogP contribution < -0.4 is 0 Å². The van der Waals surface area contributed by atoms with Gasteiger partial charge in [0.05, 0.1) is 16.6 Å². The van der Waals surface area contributed by atoms with Crippen LogP contribution >= 0.6 is 0 Å². The third-order valence-corrected chi connectivity index (χ3v) is 12.5. The van der Waals surface area contributed by atoms with E-state index in [1.807, 2.05) is 6.07 Å². The molecule has 0 N–H and O–H groups in total. The molecule has 264 valence electrons. The van der Waals surface area contributed by atoms with E-state index in [-0.39, 0.29) is 5.41 Å². The Kier molecular flexibility index (Phi) is 6.91. The predicted molar refractivity (Wildman–Crippen MR) is 237 cm³/mol. The molecule has 57 heavy (non-hydrogen) atoms. The molecule has 2 aliphatic rings. The highest BCUT2D eigenvalue weighted by Crippen LogP contribution is 2.63. The summed E-state index contributed by atoms with van der Waals surface area (Å²) in [6.07, 6.45) is 0. The van der Waals surface area contributed by atoms with Crippen LogP contribution in [-0.2, 0) is 5.41 Å². The summed E-state index contributed by atoms with van der Waals surface area (Å²) < 4.78 is 0. The fraction of sp³-hybridized carbons (Fsp3) is 0.0179. The summed E-state index contributed by atoms with van der Waals surface area (Å²) in [7, 11) is 0. The van der Waals surface area contributed by atoms with E-state index in [1.54, 1.807) is 0 Å². The molecule has 2 aliphatic carbocycles. The Labute approximate surface area is 332 Å². The van der Waals surface area contributed by atoms with E-state index >= 15 is 0 Å². The molecule has 1 spiro atoms. The third-order valence-electron chi connectivity index (χ3n) is 12.5. The van der Waals surface area contributed by atoms with E-state index < -0.39 is 0 Å². The number of nitrogens with zero attached hydrogens (tertiary/aromatic N) is 1. The minimum atomic E-state index is -0.350. The maximum absolute atomic E-state index is 5.02. The lowest BCUT2D eigenvalue weighted by Crippen LogP contribution is -2.25. The zero-order valence-electron chi connectivity index (χ0n) is 31.2. The fourth-order valence-corrected chi connectivity index (χ4v) is 9.99. The topological polar surface area (TPSA) is 12.9 Å². The number of hydrogen-bond acceptors (Lipinski definition) is 1. The summed E-state index contributed by atoms with van der Waals surface area (Å²) in [6.45, 7) is 0. The van der Waals surface area contributed by atoms with Crippen LogP contribution in [0.4, 0.5) is 0 Å². The van der Waals surface area contributed by atoms with E-state index in [0.29, 0.717) is 0 Å². The number of fused-ring (bicyclic) bond motifs is 12. The van der Waals surface area contributed by atoms with Crippen molar-refractivity contribution >= 4 is 21.7 Å². The van der Waals surface area contributed by atoms with Gasteiger partial charge in [0.2, 0.25) is 0 Å². The molecule has 1 heterocycles. The van der Waals surface area contributed by atoms with Crippen LogP contribution in [0.3, 0.4) is 0 Å². The quantitative estimate of drug-likeness (QED) is 0.176. The van der Waals surface area contributed by atoms with Gasteiger partial charge in [0, 0.05) is 10.9 Å². The second-order valence-electron chi connectivity index (χ2n) is 15.4. The first-order valence-electron chi connectivity index (χ1n) is 19.8. The summed E-state index contributed by atoms with van der Waals surface area (Å²) in [5, 5.41) is 3.63. The average Bonchev–Trinajstić information content (AvgIpc) is 3.76. The molecule has 9 aromatic carbocycles. The van der Waals surface area contributed by atoms with Gasteiger partial charge >= 0.3 is 0 Å². The van der Waals surface area contributed by atoms with Crippen LogP contribution in [0.15, 0.2) is 212 Å². The molecule has 0 atom stereocenters. The molecule has 1 heteroatoms. The molecule has 0 saturated heterocycles. The summed E-state index contributed by atoms with van der Waals surface area (Å²) >= 11 is 0. The summed E-state index contributed by atoms with van der Waals surface area (Å²) in [4.78, 5) is 5.02. The van der Waals surface area contributed by atoms with Crippen molar-refractivity contribution in [1.29, 1.82) is 0 Å². The molecule has 0 fully saturated rings. The zero-order chi connectivity index (χ0) is 37.5. The monoisotopic (exact) mass is 721 g/mol. The van der Waals surface area contributed by atoms with Crippen molar-refractivity contribution < 1.29 is 0 Å². The van der Waals surface area contributed by atoms with Crippen molar-refractivity contribution in [2.75, 3.05) is 0 Å². The molecule has 1 aromatic heterocycles. The van der Waals surface area contributed by atoms with E-state index in [0.717, 1.165) is 22.2 Å². The summed E-state index contributed by atoms with van der Waals surface area (Å²) in [5.41, 5.74) is 20.8. The van der Waals surface area contributed by atoms with Crippen LogP contribution in [-0.4, -0.2) is 4.98 Å². The Bertz CT molecular complexity index is 3180. The third kappa shape index (κ3) is 4.66. The lowest BCUT2D eigenvalue weighted by Gasteiger charge is -2.30. The van der Waals surface area contributed by atoms with Crippen molar-refractivity contribution in [3.63, 3.8) is 0 Å². The van der Waals surface area contributed by atoms with Gasteiger partial charge in [-0.25, -0.2) is 4.98 Å². The number of pyridine rings is 1. The van der Waals surface area contributed by atoms with Crippen molar-refractivity contribution in [1.82, 2.24) is 4.98 Å². The average molecular weight is 722 g/mol. The zero-order valence-corrected chi connectivity index (χ0v) is 31.2. The first-order chi connectivity index (χ1) is 28.3. The molecule has 1 nitrogen and oxygen atoms in total. The van der Waals surface area contributed by atoms with Crippen LogP contribution in [0.1, 0.15) is 22.3 Å². The van der Waals surface area contributed by atoms with Gasteiger partial charge in [-0.3, -0.25) is 0 Å². The van der Waals surface area contributed by atoms with E-state index in [1.165, 1.54) is 88.7 Å². The van der Waals surface area contributed by atoms with Gasteiger partial charge in [-0.2, -0.15) is 0 Å². The molecule has 0 saturated carbocycles. The smallest absolute Gasteiger partial charge is 0.0725 e. The highest BCUT2D eigenvalue weighted by Gasteiger charge is 2.51. The number of hydrogen-bond donors (Lipinski definition) is 0. The van der Waals surface area contributed by atoms with Gasteiger partial charge in [0.1, 0.15) is 0 Å². The maximum Gasteiger partial charge on any atom is 0.0725 e. The molecule has 0 radical (unpaired) electrons. The van der Waals surface area contributed by atoms with Gasteiger partial charge in [0.15, 0.2) is 0 Å². The van der Waals surface area contributed by atoms with Gasteiger partial charge < -0.3 is 0 Å². The van der Waals surface area contributed by atoms with Gasteiger partial charge in [-0.05, 0) is 113 Å². The van der Waals surface area contributed by atoms with E-state index in [4.69, 9.17) is 4.98 Å². The van der Waals surface area contributed by atoms with Crippen molar-refractivity contribution in [3.8, 4) is 66.9 Å². The van der Waals surface area contributed by atoms with Gasteiger partial charge in [0.25, 0.3) is 0 Å². The Morgan fingerprint density at radius 1 is 0.298 bits per heavy atom. The second kappa shape index (κ2) is 12.3. The van der Waals surface area contributed by atoms with Crippen molar-refractivity contribution in [2.45, 2.75) is 5.41 Å². The van der Waals surface area contributed by atoms with Gasteiger partial charge in [-0.15, -0.1) is 0 Å². The Morgan fingerprint density at radius 3 is 1.60 bits per heavy atom.